The van der Waals surface area contributed by atoms with E-state index in [4.69, 9.17) is 0 Å². The standard InChI is InChI=1S/C11H18S2/c1-10(2)8-3-4-9(10)11(7-8)12-5-6-13-11/h8-9H,3-7H2,1-2H3. The van der Waals surface area contributed by atoms with Gasteiger partial charge in [-0.05, 0) is 36.5 Å². The van der Waals surface area contributed by atoms with E-state index in [1.165, 1.54) is 30.8 Å². The van der Waals surface area contributed by atoms with Gasteiger partial charge in [-0.3, -0.25) is 0 Å². The van der Waals surface area contributed by atoms with Crippen molar-refractivity contribution in [3.8, 4) is 0 Å². The van der Waals surface area contributed by atoms with E-state index >= 15 is 0 Å². The van der Waals surface area contributed by atoms with Crippen LogP contribution in [0.5, 0.6) is 0 Å². The lowest BCUT2D eigenvalue weighted by atomic mass is 9.82. The topological polar surface area (TPSA) is 0 Å². The summed E-state index contributed by atoms with van der Waals surface area (Å²) in [6, 6.07) is 0. The van der Waals surface area contributed by atoms with Crippen LogP contribution in [-0.2, 0) is 0 Å². The summed E-state index contributed by atoms with van der Waals surface area (Å²) in [5.74, 6) is 4.87. The molecule has 1 spiro atoms. The normalized spacial score (nSPS) is 44.8. The Balaban J connectivity index is 1.96. The van der Waals surface area contributed by atoms with Gasteiger partial charge in [0.1, 0.15) is 0 Å². The van der Waals surface area contributed by atoms with Gasteiger partial charge in [-0.2, -0.15) is 0 Å². The average molecular weight is 214 g/mol. The van der Waals surface area contributed by atoms with E-state index in [2.05, 4.69) is 37.4 Å². The van der Waals surface area contributed by atoms with E-state index in [9.17, 15) is 0 Å². The minimum absolute atomic E-state index is 0.657. The van der Waals surface area contributed by atoms with Crippen molar-refractivity contribution in [2.24, 2.45) is 17.3 Å². The molecule has 0 radical (unpaired) electrons. The molecule has 13 heavy (non-hydrogen) atoms. The number of rotatable bonds is 0. The van der Waals surface area contributed by atoms with Crippen LogP contribution in [0.25, 0.3) is 0 Å². The SMILES string of the molecule is CC1(C)C2CCC1C1(C2)SCCS1. The minimum Gasteiger partial charge on any atom is -0.143 e. The largest absolute Gasteiger partial charge is 0.143 e. The summed E-state index contributed by atoms with van der Waals surface area (Å²) >= 11 is 4.56. The Bertz CT molecular complexity index is 228. The van der Waals surface area contributed by atoms with Crippen LogP contribution in [0.4, 0.5) is 0 Å². The zero-order valence-electron chi connectivity index (χ0n) is 8.51. The van der Waals surface area contributed by atoms with Crippen molar-refractivity contribution in [2.75, 3.05) is 11.5 Å². The maximum absolute atomic E-state index is 2.52. The van der Waals surface area contributed by atoms with Gasteiger partial charge in [0.05, 0.1) is 4.08 Å². The van der Waals surface area contributed by atoms with Crippen molar-refractivity contribution in [2.45, 2.75) is 37.2 Å². The fourth-order valence-corrected chi connectivity index (χ4v) is 7.90. The zero-order chi connectivity index (χ0) is 9.10. The first kappa shape index (κ1) is 8.96. The van der Waals surface area contributed by atoms with Gasteiger partial charge in [0.25, 0.3) is 0 Å². The highest BCUT2D eigenvalue weighted by Crippen LogP contribution is 2.71. The van der Waals surface area contributed by atoms with Crippen LogP contribution in [0.15, 0.2) is 0 Å². The molecule has 2 unspecified atom stereocenters. The van der Waals surface area contributed by atoms with Crippen molar-refractivity contribution in [3.63, 3.8) is 0 Å². The van der Waals surface area contributed by atoms with Crippen LogP contribution in [0, 0.1) is 17.3 Å². The first-order valence-corrected chi connectivity index (χ1v) is 7.40. The third kappa shape index (κ3) is 1.02. The van der Waals surface area contributed by atoms with Gasteiger partial charge in [-0.15, -0.1) is 23.5 Å². The first-order valence-electron chi connectivity index (χ1n) is 5.43. The Morgan fingerprint density at radius 2 is 1.77 bits per heavy atom. The monoisotopic (exact) mass is 214 g/mol. The number of fused-ring (bicyclic) bond motifs is 3. The van der Waals surface area contributed by atoms with Crippen LogP contribution >= 0.6 is 23.5 Å². The molecule has 2 atom stereocenters. The lowest BCUT2D eigenvalue weighted by molar-refractivity contribution is 0.259. The van der Waals surface area contributed by atoms with Gasteiger partial charge in [-0.1, -0.05) is 13.8 Å². The Labute approximate surface area is 89.6 Å². The Hall–Kier alpha value is 0.700. The highest BCUT2D eigenvalue weighted by molar-refractivity contribution is 8.21. The molecule has 2 heteroatoms. The second-order valence-electron chi connectivity index (χ2n) is 5.36. The molecular weight excluding hydrogens is 196 g/mol. The minimum atomic E-state index is 0.657. The van der Waals surface area contributed by atoms with E-state index in [1.807, 2.05) is 0 Å². The molecule has 3 aliphatic rings. The number of hydrogen-bond donors (Lipinski definition) is 0. The van der Waals surface area contributed by atoms with Crippen LogP contribution in [0.3, 0.4) is 0 Å². The van der Waals surface area contributed by atoms with Crippen molar-refractivity contribution in [3.05, 3.63) is 0 Å². The van der Waals surface area contributed by atoms with E-state index in [1.54, 1.807) is 0 Å². The highest BCUT2D eigenvalue weighted by Gasteiger charge is 2.62. The third-order valence-electron chi connectivity index (χ3n) is 4.59. The average Bonchev–Trinajstić information content (AvgIpc) is 2.67. The lowest BCUT2D eigenvalue weighted by Crippen LogP contribution is -2.29. The molecular formula is C11H18S2. The van der Waals surface area contributed by atoms with E-state index < -0.39 is 0 Å². The Kier molecular flexibility index (Phi) is 1.82. The van der Waals surface area contributed by atoms with E-state index in [-0.39, 0.29) is 0 Å². The number of hydrogen-bond acceptors (Lipinski definition) is 2. The van der Waals surface area contributed by atoms with Gasteiger partial charge in [0.2, 0.25) is 0 Å². The van der Waals surface area contributed by atoms with Gasteiger partial charge in [0, 0.05) is 11.5 Å². The quantitative estimate of drug-likeness (QED) is 0.604. The van der Waals surface area contributed by atoms with E-state index in [0.29, 0.717) is 9.49 Å². The van der Waals surface area contributed by atoms with Crippen molar-refractivity contribution < 1.29 is 0 Å². The molecule has 1 aliphatic heterocycles. The van der Waals surface area contributed by atoms with Crippen LogP contribution in [-0.4, -0.2) is 15.6 Å². The van der Waals surface area contributed by atoms with E-state index in [0.717, 1.165) is 11.8 Å². The molecule has 2 aliphatic carbocycles. The molecule has 1 heterocycles. The van der Waals surface area contributed by atoms with Gasteiger partial charge < -0.3 is 0 Å². The predicted octanol–water partition coefficient (Wildman–Crippen LogP) is 3.62. The third-order valence-corrected chi connectivity index (χ3v) is 8.25. The molecule has 2 saturated carbocycles. The summed E-state index contributed by atoms with van der Waals surface area (Å²) in [5.41, 5.74) is 0.657. The van der Waals surface area contributed by atoms with Gasteiger partial charge in [0.15, 0.2) is 0 Å². The predicted molar refractivity (Wildman–Crippen MR) is 62.3 cm³/mol. The molecule has 0 aromatic rings. The number of thioether (sulfide) groups is 2. The van der Waals surface area contributed by atoms with Crippen LogP contribution < -0.4 is 0 Å². The summed E-state index contributed by atoms with van der Waals surface area (Å²) in [6.45, 7) is 5.03. The molecule has 0 amide bonds. The van der Waals surface area contributed by atoms with Gasteiger partial charge >= 0.3 is 0 Å². The molecule has 2 bridgehead atoms. The lowest BCUT2D eigenvalue weighted by Gasteiger charge is -2.34. The fourth-order valence-electron chi connectivity index (χ4n) is 3.82. The van der Waals surface area contributed by atoms with Crippen LogP contribution in [0.1, 0.15) is 33.1 Å². The maximum Gasteiger partial charge on any atom is 0.0647 e. The molecule has 0 N–H and O–H groups in total. The molecule has 1 saturated heterocycles. The van der Waals surface area contributed by atoms with Crippen molar-refractivity contribution >= 4 is 23.5 Å². The summed E-state index contributed by atoms with van der Waals surface area (Å²) in [5, 5.41) is 0. The molecule has 74 valence electrons. The molecule has 0 nitrogen and oxygen atoms in total. The van der Waals surface area contributed by atoms with Crippen LogP contribution in [0.2, 0.25) is 0 Å². The first-order chi connectivity index (χ1) is 6.15. The second kappa shape index (κ2) is 2.63. The molecule has 3 rings (SSSR count). The fraction of sp³-hybridized carbons (Fsp3) is 1.00. The summed E-state index contributed by atoms with van der Waals surface area (Å²) in [4.78, 5) is 0. The summed E-state index contributed by atoms with van der Waals surface area (Å²) < 4.78 is 0.673. The Morgan fingerprint density at radius 3 is 2.23 bits per heavy atom. The van der Waals surface area contributed by atoms with Gasteiger partial charge in [-0.25, -0.2) is 0 Å². The summed E-state index contributed by atoms with van der Waals surface area (Å²) in [6.07, 6.45) is 4.54. The van der Waals surface area contributed by atoms with Crippen molar-refractivity contribution in [1.82, 2.24) is 0 Å². The highest BCUT2D eigenvalue weighted by atomic mass is 32.2. The smallest absolute Gasteiger partial charge is 0.0647 e. The molecule has 3 fully saturated rings. The zero-order valence-corrected chi connectivity index (χ0v) is 10.1. The second-order valence-corrected chi connectivity index (χ2v) is 8.47. The molecule has 0 aromatic carbocycles. The molecule has 0 aromatic heterocycles. The maximum atomic E-state index is 2.52. The Morgan fingerprint density at radius 1 is 1.08 bits per heavy atom. The summed E-state index contributed by atoms with van der Waals surface area (Å²) in [7, 11) is 0. The van der Waals surface area contributed by atoms with Crippen molar-refractivity contribution in [1.29, 1.82) is 0 Å².